The number of rotatable bonds is 4. The molecule has 0 aliphatic heterocycles. The van der Waals surface area contributed by atoms with Gasteiger partial charge in [-0.25, -0.2) is 0 Å². The van der Waals surface area contributed by atoms with E-state index in [1.807, 2.05) is 6.26 Å². The molecule has 0 heterocycles. The van der Waals surface area contributed by atoms with Crippen molar-refractivity contribution in [3.8, 4) is 0 Å². The third-order valence-corrected chi connectivity index (χ3v) is 5.66. The van der Waals surface area contributed by atoms with Gasteiger partial charge >= 0.3 is 0 Å². The van der Waals surface area contributed by atoms with E-state index in [0.717, 1.165) is 11.1 Å². The average Bonchev–Trinajstić information content (AvgIpc) is 1.87. The normalized spacial score (nSPS) is 12.4. The fourth-order valence-electron chi connectivity index (χ4n) is 1.38. The zero-order chi connectivity index (χ0) is 8.85. The molecule has 0 N–H and O–H groups in total. The van der Waals surface area contributed by atoms with Crippen LogP contribution in [0, 0.1) is 0 Å². The van der Waals surface area contributed by atoms with E-state index >= 15 is 0 Å². The first-order chi connectivity index (χ1) is 5.09. The fraction of sp³-hybridized carbons (Fsp3) is 0.778. The Hall–Kier alpha value is -0.243. The lowest BCUT2D eigenvalue weighted by atomic mass is 10.5. The largest absolute Gasteiger partial charge is 0.505 e. The van der Waals surface area contributed by atoms with Gasteiger partial charge in [-0.05, 0) is 0 Å². The van der Waals surface area contributed by atoms with Gasteiger partial charge in [0.2, 0.25) is 0 Å². The van der Waals surface area contributed by atoms with E-state index in [1.54, 1.807) is 7.11 Å². The first-order valence-electron chi connectivity index (χ1n) is 4.29. The first kappa shape index (κ1) is 10.8. The molecule has 0 saturated carbocycles. The van der Waals surface area contributed by atoms with Gasteiger partial charge in [-0.15, -0.1) is 0 Å². The molecule has 11 heavy (non-hydrogen) atoms. The minimum atomic E-state index is -0.704. The Kier molecular flexibility index (Phi) is 5.29. The van der Waals surface area contributed by atoms with Gasteiger partial charge in [-0.1, -0.05) is 44.5 Å². The summed E-state index contributed by atoms with van der Waals surface area (Å²) in [7, 11) is 1.01. The lowest BCUT2D eigenvalue weighted by Crippen LogP contribution is -2.18. The summed E-state index contributed by atoms with van der Waals surface area (Å²) >= 11 is 0. The SMILES string of the molecule is COC=C[SiH](C(C)C)C(C)C. The molecule has 66 valence electrons. The number of hydrogen-bond donors (Lipinski definition) is 0. The quantitative estimate of drug-likeness (QED) is 0.468. The van der Waals surface area contributed by atoms with Crippen LogP contribution in [0.5, 0.6) is 0 Å². The van der Waals surface area contributed by atoms with Crippen LogP contribution in [-0.4, -0.2) is 15.9 Å². The Morgan fingerprint density at radius 3 is 1.82 bits per heavy atom. The van der Waals surface area contributed by atoms with E-state index in [1.165, 1.54) is 0 Å². The topological polar surface area (TPSA) is 9.23 Å². The zero-order valence-electron chi connectivity index (χ0n) is 8.29. The molecule has 0 amide bonds. The van der Waals surface area contributed by atoms with Crippen molar-refractivity contribution in [1.29, 1.82) is 0 Å². The molecule has 0 bridgehead atoms. The van der Waals surface area contributed by atoms with E-state index in [9.17, 15) is 0 Å². The van der Waals surface area contributed by atoms with Crippen molar-refractivity contribution >= 4 is 8.80 Å². The number of methoxy groups -OCH3 is 1. The van der Waals surface area contributed by atoms with Crippen molar-refractivity contribution in [2.75, 3.05) is 7.11 Å². The van der Waals surface area contributed by atoms with E-state index in [4.69, 9.17) is 4.74 Å². The first-order valence-corrected chi connectivity index (χ1v) is 6.29. The van der Waals surface area contributed by atoms with Gasteiger partial charge in [-0.2, -0.15) is 0 Å². The molecule has 0 fully saturated rings. The van der Waals surface area contributed by atoms with Gasteiger partial charge in [0.05, 0.1) is 22.2 Å². The maximum absolute atomic E-state index is 4.93. The van der Waals surface area contributed by atoms with Crippen LogP contribution < -0.4 is 0 Å². The molecule has 0 atom stereocenters. The van der Waals surface area contributed by atoms with Gasteiger partial charge in [0, 0.05) is 0 Å². The molecule has 0 radical (unpaired) electrons. The molecule has 1 nitrogen and oxygen atoms in total. The molecule has 0 aromatic rings. The summed E-state index contributed by atoms with van der Waals surface area (Å²) in [6, 6.07) is 0. The summed E-state index contributed by atoms with van der Waals surface area (Å²) in [6.07, 6.45) is 1.84. The predicted molar refractivity (Wildman–Crippen MR) is 53.5 cm³/mol. The molecular formula is C9H20OSi. The summed E-state index contributed by atoms with van der Waals surface area (Å²) in [5.41, 5.74) is 3.96. The Balaban J connectivity index is 4.00. The average molecular weight is 172 g/mol. The van der Waals surface area contributed by atoms with Crippen LogP contribution in [0.1, 0.15) is 27.7 Å². The highest BCUT2D eigenvalue weighted by Crippen LogP contribution is 2.20. The fourth-order valence-corrected chi connectivity index (χ4v) is 4.15. The highest BCUT2D eigenvalue weighted by Gasteiger charge is 2.15. The van der Waals surface area contributed by atoms with Crippen LogP contribution >= 0.6 is 0 Å². The molecule has 0 aromatic carbocycles. The number of ether oxygens (including phenoxy) is 1. The molecule has 0 aliphatic rings. The van der Waals surface area contributed by atoms with Crippen LogP contribution in [-0.2, 0) is 4.74 Å². The van der Waals surface area contributed by atoms with Crippen LogP contribution in [0.15, 0.2) is 12.0 Å². The van der Waals surface area contributed by atoms with Crippen molar-refractivity contribution < 1.29 is 4.74 Å². The van der Waals surface area contributed by atoms with Crippen LogP contribution in [0.4, 0.5) is 0 Å². The molecule has 0 spiro atoms. The minimum absolute atomic E-state index is 0.704. The minimum Gasteiger partial charge on any atom is -0.505 e. The lowest BCUT2D eigenvalue weighted by Gasteiger charge is -2.18. The highest BCUT2D eigenvalue weighted by molar-refractivity contribution is 6.66. The van der Waals surface area contributed by atoms with Crippen molar-refractivity contribution in [1.82, 2.24) is 0 Å². The summed E-state index contributed by atoms with van der Waals surface area (Å²) in [6.45, 7) is 9.21. The summed E-state index contributed by atoms with van der Waals surface area (Å²) in [4.78, 5) is 0. The van der Waals surface area contributed by atoms with Crippen molar-refractivity contribution in [2.45, 2.75) is 38.8 Å². The smallest absolute Gasteiger partial charge is 0.0766 e. The van der Waals surface area contributed by atoms with Crippen molar-refractivity contribution in [2.24, 2.45) is 0 Å². The Morgan fingerprint density at radius 2 is 1.55 bits per heavy atom. The van der Waals surface area contributed by atoms with E-state index in [2.05, 4.69) is 33.4 Å². The zero-order valence-corrected chi connectivity index (χ0v) is 9.45. The van der Waals surface area contributed by atoms with Gasteiger partial charge in [0.1, 0.15) is 0 Å². The Morgan fingerprint density at radius 1 is 1.09 bits per heavy atom. The number of hydrogen-bond acceptors (Lipinski definition) is 1. The summed E-state index contributed by atoms with van der Waals surface area (Å²) in [5.74, 6) is 0. The van der Waals surface area contributed by atoms with E-state index in [0.29, 0.717) is 0 Å². The maximum Gasteiger partial charge on any atom is 0.0766 e. The van der Waals surface area contributed by atoms with Gasteiger partial charge in [0.15, 0.2) is 0 Å². The van der Waals surface area contributed by atoms with Crippen LogP contribution in [0.3, 0.4) is 0 Å². The second-order valence-electron chi connectivity index (χ2n) is 3.63. The Labute approximate surface area is 72.1 Å². The highest BCUT2D eigenvalue weighted by atomic mass is 28.3. The summed E-state index contributed by atoms with van der Waals surface area (Å²) in [5, 5.41) is 0. The summed E-state index contributed by atoms with van der Waals surface area (Å²) < 4.78 is 4.93. The van der Waals surface area contributed by atoms with E-state index in [-0.39, 0.29) is 0 Å². The third kappa shape index (κ3) is 4.25. The lowest BCUT2D eigenvalue weighted by molar-refractivity contribution is 0.338. The van der Waals surface area contributed by atoms with Crippen LogP contribution in [0.25, 0.3) is 0 Å². The van der Waals surface area contributed by atoms with Gasteiger partial charge < -0.3 is 4.74 Å². The standard InChI is InChI=1S/C9H20OSi/c1-8(2)11(9(3)4)7-6-10-5/h6-9,11H,1-5H3. The second-order valence-corrected chi connectivity index (χ2v) is 7.84. The molecule has 0 saturated heterocycles. The van der Waals surface area contributed by atoms with E-state index < -0.39 is 8.80 Å². The third-order valence-electron chi connectivity index (χ3n) is 1.98. The molecule has 2 heteroatoms. The monoisotopic (exact) mass is 172 g/mol. The Bertz CT molecular complexity index is 111. The molecular weight excluding hydrogens is 152 g/mol. The molecule has 0 unspecified atom stereocenters. The molecule has 0 aromatic heterocycles. The maximum atomic E-state index is 4.93. The van der Waals surface area contributed by atoms with Gasteiger partial charge in [0.25, 0.3) is 0 Å². The van der Waals surface area contributed by atoms with Crippen LogP contribution in [0.2, 0.25) is 11.1 Å². The molecule has 0 rings (SSSR count). The molecule has 0 aliphatic carbocycles. The van der Waals surface area contributed by atoms with Crippen molar-refractivity contribution in [3.05, 3.63) is 12.0 Å². The second kappa shape index (κ2) is 5.41. The van der Waals surface area contributed by atoms with Crippen molar-refractivity contribution in [3.63, 3.8) is 0 Å². The predicted octanol–water partition coefficient (Wildman–Crippen LogP) is 2.73. The van der Waals surface area contributed by atoms with Gasteiger partial charge in [-0.3, -0.25) is 0 Å².